The summed E-state index contributed by atoms with van der Waals surface area (Å²) in [6, 6.07) is 4.04. The fourth-order valence-electron chi connectivity index (χ4n) is 1.42. The topological polar surface area (TPSA) is 12.9 Å². The highest BCUT2D eigenvalue weighted by Gasteiger charge is 2.21. The zero-order chi connectivity index (χ0) is 7.68. The Hall–Kier alpha value is -0.560. The van der Waals surface area contributed by atoms with E-state index in [1.807, 2.05) is 6.07 Å². The average molecular weight is 168 g/mol. The zero-order valence-corrected chi connectivity index (χ0v) is 7.01. The van der Waals surface area contributed by atoms with E-state index in [-0.39, 0.29) is 0 Å². The van der Waals surface area contributed by atoms with Crippen molar-refractivity contribution in [1.82, 2.24) is 4.98 Å². The van der Waals surface area contributed by atoms with Gasteiger partial charge in [-0.3, -0.25) is 0 Å². The molecule has 58 valence electrons. The highest BCUT2D eigenvalue weighted by atomic mass is 35.5. The van der Waals surface area contributed by atoms with Gasteiger partial charge in [-0.2, -0.15) is 0 Å². The average Bonchev–Trinajstić information content (AvgIpc) is 1.90. The van der Waals surface area contributed by atoms with Gasteiger partial charge < -0.3 is 0 Å². The summed E-state index contributed by atoms with van der Waals surface area (Å²) >= 11 is 5.92. The molecule has 0 amide bonds. The predicted molar refractivity (Wildman–Crippen MR) is 45.8 cm³/mol. The molecule has 0 saturated heterocycles. The van der Waals surface area contributed by atoms with Crippen LogP contribution in [0.2, 0.25) is 5.15 Å². The summed E-state index contributed by atoms with van der Waals surface area (Å²) in [6.07, 6.45) is 5.65. The molecule has 0 atom stereocenters. The number of rotatable bonds is 1. The van der Waals surface area contributed by atoms with E-state index in [0.717, 1.165) is 0 Å². The summed E-state index contributed by atoms with van der Waals surface area (Å²) in [4.78, 5) is 4.05. The third-order valence-electron chi connectivity index (χ3n) is 2.33. The van der Waals surface area contributed by atoms with Gasteiger partial charge in [0.25, 0.3) is 0 Å². The Bertz CT molecular complexity index is 255. The lowest BCUT2D eigenvalue weighted by Gasteiger charge is -2.25. The molecular weight excluding hydrogens is 158 g/mol. The van der Waals surface area contributed by atoms with Crippen molar-refractivity contribution in [3.05, 3.63) is 29.0 Å². The van der Waals surface area contributed by atoms with E-state index in [4.69, 9.17) is 11.6 Å². The highest BCUT2D eigenvalue weighted by molar-refractivity contribution is 6.30. The summed E-state index contributed by atoms with van der Waals surface area (Å²) in [7, 11) is 0. The van der Waals surface area contributed by atoms with Crippen molar-refractivity contribution in [3.8, 4) is 0 Å². The second-order valence-corrected chi connectivity index (χ2v) is 3.37. The molecule has 0 radical (unpaired) electrons. The van der Waals surface area contributed by atoms with E-state index >= 15 is 0 Å². The highest BCUT2D eigenvalue weighted by Crippen LogP contribution is 2.38. The van der Waals surface area contributed by atoms with E-state index in [0.29, 0.717) is 11.1 Å². The molecule has 0 bridgehead atoms. The maximum Gasteiger partial charge on any atom is 0.132 e. The smallest absolute Gasteiger partial charge is 0.132 e. The van der Waals surface area contributed by atoms with Crippen molar-refractivity contribution in [2.75, 3.05) is 0 Å². The van der Waals surface area contributed by atoms with E-state index in [2.05, 4.69) is 11.1 Å². The second-order valence-electron chi connectivity index (χ2n) is 3.01. The van der Waals surface area contributed by atoms with Crippen LogP contribution in [0.3, 0.4) is 0 Å². The van der Waals surface area contributed by atoms with E-state index in [1.54, 1.807) is 6.20 Å². The van der Waals surface area contributed by atoms with Gasteiger partial charge in [0.1, 0.15) is 5.15 Å². The molecule has 1 aromatic heterocycles. The summed E-state index contributed by atoms with van der Waals surface area (Å²) in [6.45, 7) is 0. The minimum atomic E-state index is 0.691. The summed E-state index contributed by atoms with van der Waals surface area (Å²) < 4.78 is 0. The first-order valence-electron chi connectivity index (χ1n) is 3.98. The van der Waals surface area contributed by atoms with Crippen LogP contribution in [0.25, 0.3) is 0 Å². The lowest BCUT2D eigenvalue weighted by molar-refractivity contribution is 0.419. The fraction of sp³-hybridized carbons (Fsp3) is 0.444. The van der Waals surface area contributed by atoms with Gasteiger partial charge in [-0.25, -0.2) is 4.98 Å². The lowest BCUT2D eigenvalue weighted by Crippen LogP contribution is -2.09. The van der Waals surface area contributed by atoms with Crippen LogP contribution >= 0.6 is 11.6 Å². The van der Waals surface area contributed by atoms with Crippen LogP contribution in [-0.2, 0) is 0 Å². The third kappa shape index (κ3) is 1.25. The number of aromatic nitrogens is 1. The molecular formula is C9H10ClN. The second kappa shape index (κ2) is 2.82. The first kappa shape index (κ1) is 7.11. The van der Waals surface area contributed by atoms with Crippen LogP contribution in [0.1, 0.15) is 30.7 Å². The van der Waals surface area contributed by atoms with Gasteiger partial charge in [0.05, 0.1) is 0 Å². The molecule has 0 aromatic carbocycles. The molecule has 1 aliphatic rings. The first-order chi connectivity index (χ1) is 5.38. The van der Waals surface area contributed by atoms with Crippen molar-refractivity contribution >= 4 is 11.6 Å². The molecule has 11 heavy (non-hydrogen) atoms. The molecule has 1 aliphatic carbocycles. The molecule has 1 nitrogen and oxygen atoms in total. The monoisotopic (exact) mass is 167 g/mol. The molecule has 0 aliphatic heterocycles. The Balaban J connectivity index is 2.28. The van der Waals surface area contributed by atoms with Gasteiger partial charge in [-0.1, -0.05) is 24.1 Å². The standard InChI is InChI=1S/C9H10ClN/c10-9-8(5-2-6-11-9)7-3-1-4-7/h2,5-7H,1,3-4H2. The van der Waals surface area contributed by atoms with Gasteiger partial charge in [0, 0.05) is 6.20 Å². The molecule has 0 unspecified atom stereocenters. The predicted octanol–water partition coefficient (Wildman–Crippen LogP) is 3.00. The van der Waals surface area contributed by atoms with Crippen molar-refractivity contribution in [2.24, 2.45) is 0 Å². The number of hydrogen-bond acceptors (Lipinski definition) is 1. The van der Waals surface area contributed by atoms with Gasteiger partial charge in [0.2, 0.25) is 0 Å². The third-order valence-corrected chi connectivity index (χ3v) is 2.65. The molecule has 1 fully saturated rings. The van der Waals surface area contributed by atoms with Crippen LogP contribution in [0, 0.1) is 0 Å². The SMILES string of the molecule is Clc1ncccc1C1CCC1. The van der Waals surface area contributed by atoms with Crippen molar-refractivity contribution in [2.45, 2.75) is 25.2 Å². The molecule has 0 N–H and O–H groups in total. The summed E-state index contributed by atoms with van der Waals surface area (Å²) in [5.74, 6) is 0.691. The number of halogens is 1. The molecule has 2 heteroatoms. The van der Waals surface area contributed by atoms with Gasteiger partial charge in [-0.05, 0) is 30.4 Å². The Kier molecular flexibility index (Phi) is 1.82. The fourth-order valence-corrected chi connectivity index (χ4v) is 1.70. The van der Waals surface area contributed by atoms with Gasteiger partial charge in [-0.15, -0.1) is 0 Å². The lowest BCUT2D eigenvalue weighted by atomic mass is 9.81. The zero-order valence-electron chi connectivity index (χ0n) is 6.26. The molecule has 1 saturated carbocycles. The Labute approximate surface area is 71.4 Å². The van der Waals surface area contributed by atoms with Gasteiger partial charge >= 0.3 is 0 Å². The molecule has 2 rings (SSSR count). The summed E-state index contributed by atoms with van der Waals surface area (Å²) in [5, 5.41) is 0.692. The Morgan fingerprint density at radius 3 is 2.82 bits per heavy atom. The Morgan fingerprint density at radius 1 is 1.45 bits per heavy atom. The van der Waals surface area contributed by atoms with Crippen molar-refractivity contribution in [1.29, 1.82) is 0 Å². The van der Waals surface area contributed by atoms with Gasteiger partial charge in [0.15, 0.2) is 0 Å². The van der Waals surface area contributed by atoms with E-state index < -0.39 is 0 Å². The number of pyridine rings is 1. The summed E-state index contributed by atoms with van der Waals surface area (Å²) in [5.41, 5.74) is 1.24. The first-order valence-corrected chi connectivity index (χ1v) is 4.36. The van der Waals surface area contributed by atoms with Crippen LogP contribution in [0.5, 0.6) is 0 Å². The minimum absolute atomic E-state index is 0.691. The number of nitrogens with zero attached hydrogens (tertiary/aromatic N) is 1. The largest absolute Gasteiger partial charge is 0.244 e. The molecule has 1 heterocycles. The quantitative estimate of drug-likeness (QED) is 0.586. The van der Waals surface area contributed by atoms with Crippen LogP contribution < -0.4 is 0 Å². The van der Waals surface area contributed by atoms with Crippen LogP contribution in [-0.4, -0.2) is 4.98 Å². The minimum Gasteiger partial charge on any atom is -0.244 e. The maximum absolute atomic E-state index is 5.92. The van der Waals surface area contributed by atoms with E-state index in [1.165, 1.54) is 24.8 Å². The molecule has 1 aromatic rings. The number of hydrogen-bond donors (Lipinski definition) is 0. The van der Waals surface area contributed by atoms with E-state index in [9.17, 15) is 0 Å². The normalized spacial score (nSPS) is 17.9. The molecule has 0 spiro atoms. The van der Waals surface area contributed by atoms with Crippen LogP contribution in [0.4, 0.5) is 0 Å². The van der Waals surface area contributed by atoms with Crippen molar-refractivity contribution < 1.29 is 0 Å². The van der Waals surface area contributed by atoms with Crippen LogP contribution in [0.15, 0.2) is 18.3 Å². The maximum atomic E-state index is 5.92. The Morgan fingerprint density at radius 2 is 2.27 bits per heavy atom. The van der Waals surface area contributed by atoms with Crippen molar-refractivity contribution in [3.63, 3.8) is 0 Å².